The van der Waals surface area contributed by atoms with Gasteiger partial charge in [-0.25, -0.2) is 9.78 Å². The quantitative estimate of drug-likeness (QED) is 0.794. The second-order valence-corrected chi connectivity index (χ2v) is 5.91. The van der Waals surface area contributed by atoms with Crippen molar-refractivity contribution < 1.29 is 9.59 Å². The summed E-state index contributed by atoms with van der Waals surface area (Å²) in [6.45, 7) is 3.56. The highest BCUT2D eigenvalue weighted by atomic mass is 16.2. The Balaban J connectivity index is 1.56. The molecule has 0 saturated carbocycles. The van der Waals surface area contributed by atoms with Gasteiger partial charge in [0.15, 0.2) is 0 Å². The van der Waals surface area contributed by atoms with Gasteiger partial charge in [0, 0.05) is 13.1 Å². The van der Waals surface area contributed by atoms with Gasteiger partial charge in [0.25, 0.3) is 0 Å². The molecular weight excluding hydrogens is 318 g/mol. The fourth-order valence-electron chi connectivity index (χ4n) is 2.67. The normalized spacial score (nSPS) is 15.2. The van der Waals surface area contributed by atoms with Crippen molar-refractivity contribution >= 4 is 23.4 Å². The van der Waals surface area contributed by atoms with Crippen LogP contribution in [0, 0.1) is 0 Å². The van der Waals surface area contributed by atoms with E-state index in [0.717, 1.165) is 17.9 Å². The van der Waals surface area contributed by atoms with Gasteiger partial charge in [-0.3, -0.25) is 4.79 Å². The maximum atomic E-state index is 12.1. The second-order valence-electron chi connectivity index (χ2n) is 5.91. The van der Waals surface area contributed by atoms with Gasteiger partial charge >= 0.3 is 6.03 Å². The van der Waals surface area contributed by atoms with Crippen molar-refractivity contribution in [2.45, 2.75) is 13.0 Å². The van der Waals surface area contributed by atoms with Gasteiger partial charge in [0.1, 0.15) is 5.82 Å². The van der Waals surface area contributed by atoms with Crippen LogP contribution in [-0.4, -0.2) is 36.6 Å². The Morgan fingerprint density at radius 2 is 2.04 bits per heavy atom. The van der Waals surface area contributed by atoms with Crippen molar-refractivity contribution in [3.05, 3.63) is 54.2 Å². The number of benzene rings is 1. The van der Waals surface area contributed by atoms with E-state index in [4.69, 9.17) is 0 Å². The lowest BCUT2D eigenvalue weighted by Gasteiger charge is -2.27. The number of carbonyl (C=O) groups excluding carboxylic acids is 2. The summed E-state index contributed by atoms with van der Waals surface area (Å²) in [6, 6.07) is 12.9. The molecule has 1 aliphatic rings. The van der Waals surface area contributed by atoms with Crippen LogP contribution in [0.4, 0.5) is 16.3 Å². The third-order valence-electron chi connectivity index (χ3n) is 4.02. The Kier molecular flexibility index (Phi) is 5.13. The first-order valence-corrected chi connectivity index (χ1v) is 8.22. The van der Waals surface area contributed by atoms with Crippen LogP contribution in [0.15, 0.2) is 48.7 Å². The summed E-state index contributed by atoms with van der Waals surface area (Å²) in [5.41, 5.74) is 1.64. The van der Waals surface area contributed by atoms with Crippen molar-refractivity contribution in [2.75, 3.05) is 29.9 Å². The van der Waals surface area contributed by atoms with Crippen LogP contribution in [0.5, 0.6) is 0 Å². The van der Waals surface area contributed by atoms with Crippen LogP contribution in [0.1, 0.15) is 18.5 Å². The zero-order chi connectivity index (χ0) is 17.6. The number of piperazine rings is 1. The summed E-state index contributed by atoms with van der Waals surface area (Å²) in [7, 11) is 0. The van der Waals surface area contributed by atoms with Crippen molar-refractivity contribution in [1.82, 2.24) is 15.6 Å². The fraction of sp³-hybridized carbons (Fsp3) is 0.278. The molecule has 2 aromatic rings. The second kappa shape index (κ2) is 7.65. The predicted octanol–water partition coefficient (Wildman–Crippen LogP) is 1.90. The summed E-state index contributed by atoms with van der Waals surface area (Å²) < 4.78 is 0. The third kappa shape index (κ3) is 4.47. The van der Waals surface area contributed by atoms with Gasteiger partial charge in [-0.2, -0.15) is 0 Å². The van der Waals surface area contributed by atoms with Crippen LogP contribution >= 0.6 is 0 Å². The summed E-state index contributed by atoms with van der Waals surface area (Å²) >= 11 is 0. The number of pyridine rings is 1. The van der Waals surface area contributed by atoms with Crippen molar-refractivity contribution in [3.8, 4) is 0 Å². The number of hydrogen-bond acceptors (Lipinski definition) is 4. The average Bonchev–Trinajstić information content (AvgIpc) is 2.63. The summed E-state index contributed by atoms with van der Waals surface area (Å²) in [6.07, 6.45) is 1.59. The van der Waals surface area contributed by atoms with Gasteiger partial charge < -0.3 is 20.9 Å². The van der Waals surface area contributed by atoms with E-state index >= 15 is 0 Å². The van der Waals surface area contributed by atoms with E-state index < -0.39 is 0 Å². The zero-order valence-electron chi connectivity index (χ0n) is 14.0. The number of nitrogens with zero attached hydrogens (tertiary/aromatic N) is 2. The van der Waals surface area contributed by atoms with E-state index in [0.29, 0.717) is 18.8 Å². The predicted molar refractivity (Wildman–Crippen MR) is 96.5 cm³/mol. The Hall–Kier alpha value is -3.09. The molecule has 2 heterocycles. The van der Waals surface area contributed by atoms with E-state index in [2.05, 4.69) is 20.9 Å². The minimum absolute atomic E-state index is 0.00970. The molecule has 0 spiro atoms. The van der Waals surface area contributed by atoms with Crippen LogP contribution in [0.25, 0.3) is 0 Å². The van der Waals surface area contributed by atoms with Crippen LogP contribution < -0.4 is 20.9 Å². The van der Waals surface area contributed by atoms with Crippen LogP contribution in [-0.2, 0) is 4.79 Å². The van der Waals surface area contributed by atoms with Gasteiger partial charge in [0.05, 0.1) is 24.5 Å². The molecule has 1 atom stereocenters. The number of aromatic nitrogens is 1. The molecule has 3 rings (SSSR count). The standard InChI is InChI=1S/C18H21N5O2/c1-13(14-5-3-2-4-6-14)21-18(25)22-15-7-8-16(20-11-15)23-10-9-19-17(24)12-23/h2-8,11,13H,9-10,12H2,1H3,(H,19,24)(H2,21,22,25). The molecular formula is C18H21N5O2. The highest BCUT2D eigenvalue weighted by Crippen LogP contribution is 2.16. The van der Waals surface area contributed by atoms with E-state index in [1.807, 2.05) is 42.2 Å². The fourth-order valence-corrected chi connectivity index (χ4v) is 2.67. The molecule has 1 fully saturated rings. The van der Waals surface area contributed by atoms with Crippen molar-refractivity contribution in [1.29, 1.82) is 0 Å². The summed E-state index contributed by atoms with van der Waals surface area (Å²) in [5, 5.41) is 8.44. The lowest BCUT2D eigenvalue weighted by atomic mass is 10.1. The van der Waals surface area contributed by atoms with E-state index in [9.17, 15) is 9.59 Å². The number of carbonyl (C=O) groups is 2. The molecule has 7 nitrogen and oxygen atoms in total. The highest BCUT2D eigenvalue weighted by Gasteiger charge is 2.17. The van der Waals surface area contributed by atoms with Gasteiger partial charge in [-0.1, -0.05) is 30.3 Å². The largest absolute Gasteiger partial charge is 0.353 e. The molecule has 1 saturated heterocycles. The lowest BCUT2D eigenvalue weighted by molar-refractivity contribution is -0.120. The number of anilines is 2. The Bertz CT molecular complexity index is 733. The summed E-state index contributed by atoms with van der Waals surface area (Å²) in [4.78, 5) is 29.8. The average molecular weight is 339 g/mol. The minimum Gasteiger partial charge on any atom is -0.353 e. The molecule has 1 aromatic carbocycles. The molecule has 1 unspecified atom stereocenters. The number of urea groups is 1. The first-order valence-electron chi connectivity index (χ1n) is 8.22. The molecule has 7 heteroatoms. The van der Waals surface area contributed by atoms with E-state index in [1.165, 1.54) is 0 Å². The number of rotatable bonds is 4. The van der Waals surface area contributed by atoms with Gasteiger partial charge in [-0.05, 0) is 24.6 Å². The maximum Gasteiger partial charge on any atom is 0.319 e. The number of nitrogens with one attached hydrogen (secondary N) is 3. The van der Waals surface area contributed by atoms with Crippen molar-refractivity contribution in [3.63, 3.8) is 0 Å². The van der Waals surface area contributed by atoms with E-state index in [1.54, 1.807) is 18.3 Å². The molecule has 1 aromatic heterocycles. The monoisotopic (exact) mass is 339 g/mol. The van der Waals surface area contributed by atoms with Gasteiger partial charge in [-0.15, -0.1) is 0 Å². The topological polar surface area (TPSA) is 86.4 Å². The smallest absolute Gasteiger partial charge is 0.319 e. The first-order chi connectivity index (χ1) is 12.1. The Labute approximate surface area is 146 Å². The molecule has 25 heavy (non-hydrogen) atoms. The van der Waals surface area contributed by atoms with Gasteiger partial charge in [0.2, 0.25) is 5.91 Å². The number of amides is 3. The van der Waals surface area contributed by atoms with Crippen molar-refractivity contribution in [2.24, 2.45) is 0 Å². The zero-order valence-corrected chi connectivity index (χ0v) is 14.0. The molecule has 130 valence electrons. The highest BCUT2D eigenvalue weighted by molar-refractivity contribution is 5.89. The molecule has 3 amide bonds. The SMILES string of the molecule is CC(NC(=O)Nc1ccc(N2CCNC(=O)C2)nc1)c1ccccc1. The summed E-state index contributed by atoms with van der Waals surface area (Å²) in [5.74, 6) is 0.711. The first kappa shape index (κ1) is 16.8. The van der Waals surface area contributed by atoms with E-state index in [-0.39, 0.29) is 18.0 Å². The number of hydrogen-bond donors (Lipinski definition) is 3. The molecule has 0 aliphatic carbocycles. The molecule has 0 bridgehead atoms. The Morgan fingerprint density at radius 1 is 1.24 bits per heavy atom. The molecule has 3 N–H and O–H groups in total. The lowest BCUT2D eigenvalue weighted by Crippen LogP contribution is -2.48. The minimum atomic E-state index is -0.289. The molecule has 0 radical (unpaired) electrons. The maximum absolute atomic E-state index is 12.1. The molecule has 1 aliphatic heterocycles. The van der Waals surface area contributed by atoms with Crippen LogP contribution in [0.3, 0.4) is 0 Å². The van der Waals surface area contributed by atoms with Crippen LogP contribution in [0.2, 0.25) is 0 Å². The Morgan fingerprint density at radius 3 is 2.72 bits per heavy atom. The third-order valence-corrected chi connectivity index (χ3v) is 4.02.